The fraction of sp³-hybridized carbons (Fsp3) is 0.459. The van der Waals surface area contributed by atoms with Crippen molar-refractivity contribution in [3.63, 3.8) is 0 Å². The van der Waals surface area contributed by atoms with Crippen molar-refractivity contribution < 1.29 is 17.9 Å². The van der Waals surface area contributed by atoms with E-state index in [0.717, 1.165) is 50.0 Å². The van der Waals surface area contributed by atoms with Crippen LogP contribution < -0.4 is 9.88 Å². The Morgan fingerprint density at radius 3 is 2.35 bits per heavy atom. The lowest BCUT2D eigenvalue weighted by atomic mass is 9.70. The van der Waals surface area contributed by atoms with Crippen LogP contribution in [-0.2, 0) is 15.4 Å². The maximum absolute atomic E-state index is 13.7. The minimum Gasteiger partial charge on any atom is -0.491 e. The summed E-state index contributed by atoms with van der Waals surface area (Å²) in [5.74, 6) is 1.20. The topological polar surface area (TPSA) is 111 Å². The van der Waals surface area contributed by atoms with Crippen LogP contribution in [0.15, 0.2) is 77.7 Å². The number of rotatable bonds is 10. The number of carbonyl (C=O) groups excluding carboxylic acids is 1. The van der Waals surface area contributed by atoms with E-state index in [2.05, 4.69) is 71.0 Å². The summed E-state index contributed by atoms with van der Waals surface area (Å²) in [6.45, 7) is 4.48. The normalized spacial score (nSPS) is 22.6. The van der Waals surface area contributed by atoms with E-state index in [4.69, 9.17) is 26.5 Å². The Labute approximate surface area is 288 Å². The van der Waals surface area contributed by atoms with E-state index in [1.807, 2.05) is 4.90 Å². The van der Waals surface area contributed by atoms with E-state index in [9.17, 15) is 13.2 Å². The number of sulfonamides is 1. The van der Waals surface area contributed by atoms with Crippen molar-refractivity contribution in [3.8, 4) is 5.75 Å². The molecule has 254 valence electrons. The molecule has 7 rings (SSSR count). The van der Waals surface area contributed by atoms with Gasteiger partial charge in [0.2, 0.25) is 10.0 Å². The van der Waals surface area contributed by atoms with Crippen molar-refractivity contribution >= 4 is 38.6 Å². The van der Waals surface area contributed by atoms with Crippen molar-refractivity contribution in [2.45, 2.75) is 80.3 Å². The summed E-state index contributed by atoms with van der Waals surface area (Å²) >= 11 is 5.73. The SMILES string of the molecule is Cc1nc2ccccc2n1C1CC2CCC(C1)N2CCC1(c2ccccc2)CCN(C(=O)c2ccc(OCCCl)c(S(N)(=O)=O)c2)CC1. The standard InChI is InChI=1S/C37H44ClN5O4S/c1-26-40-32-9-5-6-10-33(32)43(26)31-24-29-12-13-30(25-31)42(29)21-17-37(28-7-3-2-4-8-28)15-19-41(20-16-37)36(44)27-11-14-34(47-22-18-38)35(23-27)48(39,45)46/h2-11,14,23,29-31H,12-13,15-22,24-25H2,1H3,(H2,39,45,46). The number of halogens is 1. The average molecular weight is 690 g/mol. The van der Waals surface area contributed by atoms with Gasteiger partial charge in [-0.3, -0.25) is 9.69 Å². The molecule has 1 amide bonds. The number of hydrogen-bond donors (Lipinski definition) is 1. The van der Waals surface area contributed by atoms with Crippen LogP contribution in [0.1, 0.15) is 72.7 Å². The van der Waals surface area contributed by atoms with Crippen LogP contribution in [-0.4, -0.2) is 77.9 Å². The Morgan fingerprint density at radius 1 is 0.979 bits per heavy atom. The molecule has 11 heteroatoms. The zero-order valence-electron chi connectivity index (χ0n) is 27.4. The fourth-order valence-electron chi connectivity index (χ4n) is 8.72. The highest BCUT2D eigenvalue weighted by Crippen LogP contribution is 2.45. The first-order valence-electron chi connectivity index (χ1n) is 17.1. The van der Waals surface area contributed by atoms with Crippen LogP contribution >= 0.6 is 11.6 Å². The number of hydrogen-bond acceptors (Lipinski definition) is 6. The van der Waals surface area contributed by atoms with Crippen molar-refractivity contribution in [2.75, 3.05) is 32.1 Å². The molecular weight excluding hydrogens is 646 g/mol. The third-order valence-electron chi connectivity index (χ3n) is 11.1. The lowest BCUT2D eigenvalue weighted by Gasteiger charge is -2.45. The number of ether oxygens (including phenoxy) is 1. The molecule has 0 saturated carbocycles. The van der Waals surface area contributed by atoms with E-state index in [1.165, 1.54) is 36.1 Å². The number of imidazole rings is 1. The van der Waals surface area contributed by atoms with Crippen molar-refractivity contribution in [2.24, 2.45) is 5.14 Å². The van der Waals surface area contributed by atoms with Crippen LogP contribution in [0.25, 0.3) is 11.0 Å². The highest BCUT2D eigenvalue weighted by molar-refractivity contribution is 7.89. The third kappa shape index (κ3) is 6.35. The molecule has 3 aliphatic rings. The Morgan fingerprint density at radius 2 is 1.67 bits per heavy atom. The maximum atomic E-state index is 13.7. The van der Waals surface area contributed by atoms with Gasteiger partial charge in [-0.05, 0) is 99.7 Å². The number of aryl methyl sites for hydroxylation is 1. The van der Waals surface area contributed by atoms with Crippen molar-refractivity contribution in [3.05, 3.63) is 89.7 Å². The van der Waals surface area contributed by atoms with Gasteiger partial charge in [0, 0.05) is 36.8 Å². The van der Waals surface area contributed by atoms with E-state index in [1.54, 1.807) is 6.07 Å². The van der Waals surface area contributed by atoms with Crippen molar-refractivity contribution in [1.29, 1.82) is 0 Å². The summed E-state index contributed by atoms with van der Waals surface area (Å²) < 4.78 is 32.7. The minimum absolute atomic E-state index is 0.0452. The first-order valence-corrected chi connectivity index (χ1v) is 19.1. The molecule has 4 heterocycles. The Bertz CT molecular complexity index is 1880. The molecule has 0 spiro atoms. The number of alkyl halides is 1. The number of benzene rings is 3. The molecule has 3 aliphatic heterocycles. The smallest absolute Gasteiger partial charge is 0.253 e. The van der Waals surface area contributed by atoms with E-state index in [-0.39, 0.29) is 40.0 Å². The predicted molar refractivity (Wildman–Crippen MR) is 188 cm³/mol. The zero-order chi connectivity index (χ0) is 33.5. The third-order valence-corrected chi connectivity index (χ3v) is 12.2. The quantitative estimate of drug-likeness (QED) is 0.203. The number of fused-ring (bicyclic) bond motifs is 3. The van der Waals surface area contributed by atoms with Crippen LogP contribution in [0.3, 0.4) is 0 Å². The van der Waals surface area contributed by atoms with Gasteiger partial charge in [-0.1, -0.05) is 42.5 Å². The molecular formula is C37H44ClN5O4S. The molecule has 2 N–H and O–H groups in total. The molecule has 3 saturated heterocycles. The average Bonchev–Trinajstić information content (AvgIpc) is 3.56. The summed E-state index contributed by atoms with van der Waals surface area (Å²) in [5.41, 5.74) is 3.89. The number of piperidine rings is 2. The lowest BCUT2D eigenvalue weighted by Crippen LogP contribution is -2.49. The first-order chi connectivity index (χ1) is 23.2. The summed E-state index contributed by atoms with van der Waals surface area (Å²) in [6, 6.07) is 25.3. The van der Waals surface area contributed by atoms with Crippen LogP contribution in [0.4, 0.5) is 0 Å². The van der Waals surface area contributed by atoms with Gasteiger partial charge in [0.05, 0.1) is 16.9 Å². The molecule has 9 nitrogen and oxygen atoms in total. The number of amides is 1. The summed E-state index contributed by atoms with van der Waals surface area (Å²) in [6.07, 6.45) is 7.49. The van der Waals surface area contributed by atoms with Crippen LogP contribution in [0.2, 0.25) is 0 Å². The van der Waals surface area contributed by atoms with Gasteiger partial charge in [-0.25, -0.2) is 18.5 Å². The van der Waals surface area contributed by atoms with Crippen LogP contribution in [0, 0.1) is 6.92 Å². The maximum Gasteiger partial charge on any atom is 0.253 e. The highest BCUT2D eigenvalue weighted by Gasteiger charge is 2.44. The van der Waals surface area contributed by atoms with Gasteiger partial charge in [0.25, 0.3) is 5.91 Å². The highest BCUT2D eigenvalue weighted by atomic mass is 35.5. The molecule has 48 heavy (non-hydrogen) atoms. The van der Waals surface area contributed by atoms with Crippen molar-refractivity contribution in [1.82, 2.24) is 19.4 Å². The second kappa shape index (κ2) is 13.5. The molecule has 3 fully saturated rings. The minimum atomic E-state index is -4.10. The monoisotopic (exact) mass is 689 g/mol. The second-order valence-corrected chi connectivity index (χ2v) is 15.6. The van der Waals surface area contributed by atoms with Crippen LogP contribution in [0.5, 0.6) is 5.75 Å². The fourth-order valence-corrected chi connectivity index (χ4v) is 9.49. The number of primary sulfonamides is 1. The number of para-hydroxylation sites is 2. The van der Waals surface area contributed by atoms with Gasteiger partial charge in [0.15, 0.2) is 0 Å². The number of likely N-dealkylation sites (tertiary alicyclic amines) is 1. The first kappa shape index (κ1) is 33.1. The number of nitrogens with zero attached hydrogens (tertiary/aromatic N) is 4. The lowest BCUT2D eigenvalue weighted by molar-refractivity contribution is 0.0606. The number of aromatic nitrogens is 2. The van der Waals surface area contributed by atoms with Gasteiger partial charge in [-0.15, -0.1) is 11.6 Å². The van der Waals surface area contributed by atoms with E-state index >= 15 is 0 Å². The van der Waals surface area contributed by atoms with Gasteiger partial charge in [-0.2, -0.15) is 0 Å². The number of carbonyl (C=O) groups is 1. The molecule has 2 bridgehead atoms. The molecule has 3 aromatic carbocycles. The molecule has 2 unspecified atom stereocenters. The Kier molecular flexibility index (Phi) is 9.28. The van der Waals surface area contributed by atoms with Gasteiger partial charge < -0.3 is 14.2 Å². The Hall–Kier alpha value is -3.44. The summed E-state index contributed by atoms with van der Waals surface area (Å²) in [4.78, 5) is 23.0. The number of nitrogens with two attached hydrogens (primary N) is 1. The van der Waals surface area contributed by atoms with Gasteiger partial charge in [0.1, 0.15) is 23.1 Å². The van der Waals surface area contributed by atoms with Gasteiger partial charge >= 0.3 is 0 Å². The summed E-state index contributed by atoms with van der Waals surface area (Å²) in [7, 11) is -4.10. The predicted octanol–water partition coefficient (Wildman–Crippen LogP) is 6.04. The molecule has 0 radical (unpaired) electrons. The molecule has 0 aliphatic carbocycles. The summed E-state index contributed by atoms with van der Waals surface area (Å²) in [5, 5.41) is 5.48. The largest absolute Gasteiger partial charge is 0.491 e. The zero-order valence-corrected chi connectivity index (χ0v) is 29.0. The molecule has 1 aromatic heterocycles. The van der Waals surface area contributed by atoms with E-state index < -0.39 is 10.0 Å². The molecule has 4 aromatic rings. The second-order valence-electron chi connectivity index (χ2n) is 13.7. The molecule has 2 atom stereocenters. The Balaban J connectivity index is 1.05. The van der Waals surface area contributed by atoms with E-state index in [0.29, 0.717) is 31.2 Å².